The van der Waals surface area contributed by atoms with Gasteiger partial charge in [0, 0.05) is 0 Å². The first kappa shape index (κ1) is 24.4. The van der Waals surface area contributed by atoms with Crippen LogP contribution in [0.4, 0.5) is 0 Å². The van der Waals surface area contributed by atoms with E-state index in [4.69, 9.17) is 10.0 Å². The normalized spacial score (nSPS) is 12.8. The fourth-order valence-corrected chi connectivity index (χ4v) is 66.5. The maximum absolute atomic E-state index is 7.80. The second-order valence-electron chi connectivity index (χ2n) is 7.76. The van der Waals surface area contributed by atoms with Crippen LogP contribution in [-0.4, -0.2) is 21.7 Å². The van der Waals surface area contributed by atoms with Gasteiger partial charge in [-0.3, -0.25) is 0 Å². The summed E-state index contributed by atoms with van der Waals surface area (Å²) in [5.74, 6) is 0. The van der Waals surface area contributed by atoms with Crippen molar-refractivity contribution in [2.24, 2.45) is 0 Å². The average Bonchev–Trinajstić information content (AvgIpc) is 2.57. The van der Waals surface area contributed by atoms with Gasteiger partial charge >= 0.3 is 157 Å². The summed E-state index contributed by atoms with van der Waals surface area (Å²) in [7, 11) is 5.66. The van der Waals surface area contributed by atoms with Crippen LogP contribution in [0.3, 0.4) is 0 Å². The summed E-state index contributed by atoms with van der Waals surface area (Å²) in [4.78, 5) is 0. The predicted octanol–water partition coefficient (Wildman–Crippen LogP) is 8.70. The van der Waals surface area contributed by atoms with Crippen molar-refractivity contribution in [3.8, 4) is 0 Å². The Morgan fingerprint density at radius 2 is 0.739 bits per heavy atom. The van der Waals surface area contributed by atoms with Gasteiger partial charge in [-0.15, -0.1) is 0 Å². The third kappa shape index (κ3) is 8.53. The first-order valence-electron chi connectivity index (χ1n) is 10.7. The Hall–Kier alpha value is 1.38. The molecule has 0 rings (SSSR count). The molecule has 0 radical (unpaired) electrons. The molecular weight excluding hydrogens is 421 g/mol. The van der Waals surface area contributed by atoms with Crippen LogP contribution in [0.15, 0.2) is 0 Å². The third-order valence-electron chi connectivity index (χ3n) is 5.83. The molecule has 0 saturated carbocycles. The van der Waals surface area contributed by atoms with Crippen molar-refractivity contribution >= 4 is 31.7 Å². The predicted molar refractivity (Wildman–Crippen MR) is 116 cm³/mol. The molecule has 0 aliphatic carbocycles. The molecule has 0 atom stereocenters. The van der Waals surface area contributed by atoms with Gasteiger partial charge in [0.2, 0.25) is 0 Å². The second-order valence-corrected chi connectivity index (χ2v) is 51.6. The zero-order valence-electron chi connectivity index (χ0n) is 17.0. The summed E-state index contributed by atoms with van der Waals surface area (Å²) >= 11 is -1.86. The summed E-state index contributed by atoms with van der Waals surface area (Å²) in [6.07, 6.45) is 14.1. The minimum atomic E-state index is -2.14. The summed E-state index contributed by atoms with van der Waals surface area (Å²) in [6, 6.07) is 0. The van der Waals surface area contributed by atoms with Crippen LogP contribution in [0.25, 0.3) is 0 Å². The zero-order chi connectivity index (χ0) is 17.6. The van der Waals surface area contributed by atoms with E-state index in [0.29, 0.717) is 0 Å². The molecule has 140 valence electrons. The van der Waals surface area contributed by atoms with Crippen molar-refractivity contribution in [3.05, 3.63) is 0 Å². The van der Waals surface area contributed by atoms with Gasteiger partial charge in [-0.05, 0) is 0 Å². The van der Waals surface area contributed by atoms with Gasteiger partial charge in [0.05, 0.1) is 0 Å². The van der Waals surface area contributed by atoms with E-state index >= 15 is 0 Å². The number of hydrogen-bond acceptors (Lipinski definition) is 0. The second kappa shape index (κ2) is 14.5. The number of halogens is 1. The van der Waals surface area contributed by atoms with Gasteiger partial charge in [0.1, 0.15) is 0 Å². The van der Waals surface area contributed by atoms with Gasteiger partial charge in [0.25, 0.3) is 0 Å². The van der Waals surface area contributed by atoms with Gasteiger partial charge < -0.3 is 0 Å². The van der Waals surface area contributed by atoms with E-state index in [9.17, 15) is 0 Å². The summed E-state index contributed by atoms with van der Waals surface area (Å²) in [5, 5.41) is 7.85. The minimum absolute atomic E-state index is 1.35. The molecule has 0 aromatic heterocycles. The summed E-state index contributed by atoms with van der Waals surface area (Å²) in [6.45, 7) is 11.9. The van der Waals surface area contributed by atoms with Crippen LogP contribution < -0.4 is 0 Å². The fourth-order valence-electron chi connectivity index (χ4n) is 4.16. The topological polar surface area (TPSA) is 0 Å². The molecule has 0 aromatic rings. The molecule has 0 aliphatic rings. The summed E-state index contributed by atoms with van der Waals surface area (Å²) in [5.41, 5.74) is 0. The maximum atomic E-state index is 7.80. The molecular formula is C20H45ClGe2. The Labute approximate surface area is 156 Å². The van der Waals surface area contributed by atoms with Crippen LogP contribution in [0.2, 0.25) is 26.3 Å². The quantitative estimate of drug-likeness (QED) is 0.200. The van der Waals surface area contributed by atoms with E-state index in [1.807, 2.05) is 0 Å². The molecule has 0 bridgehead atoms. The van der Waals surface area contributed by atoms with Crippen molar-refractivity contribution < 1.29 is 0 Å². The molecule has 0 saturated heterocycles. The SMILES string of the molecule is CCC[CH2][Ge]([Cl])([CH2]CCC)[Ge]([CH2]CCC)([CH2]CCC)[CH2]CCC. The molecule has 0 aliphatic heterocycles. The van der Waals surface area contributed by atoms with Gasteiger partial charge in [0.15, 0.2) is 0 Å². The van der Waals surface area contributed by atoms with Gasteiger partial charge in [-0.25, -0.2) is 0 Å². The number of hydrogen-bond donors (Lipinski definition) is 0. The molecule has 23 heavy (non-hydrogen) atoms. The number of unbranched alkanes of at least 4 members (excludes halogenated alkanes) is 5. The summed E-state index contributed by atoms with van der Waals surface area (Å²) < 4.78 is 0. The Balaban J connectivity index is 5.49. The van der Waals surface area contributed by atoms with Crippen molar-refractivity contribution in [2.45, 2.75) is 125 Å². The van der Waals surface area contributed by atoms with Crippen LogP contribution in [0.1, 0.15) is 98.8 Å². The molecule has 0 N–H and O–H groups in total. The first-order chi connectivity index (χ1) is 11.1. The van der Waals surface area contributed by atoms with E-state index in [0.717, 1.165) is 0 Å². The van der Waals surface area contributed by atoms with Crippen LogP contribution in [-0.2, 0) is 0 Å². The van der Waals surface area contributed by atoms with Crippen LogP contribution in [0, 0.1) is 0 Å². The number of rotatable bonds is 16. The van der Waals surface area contributed by atoms with Gasteiger partial charge in [-0.2, -0.15) is 0 Å². The molecule has 3 heteroatoms. The Morgan fingerprint density at radius 1 is 0.478 bits per heavy atom. The fraction of sp³-hybridized carbons (Fsp3) is 1.00. The molecule has 0 nitrogen and oxygen atoms in total. The van der Waals surface area contributed by atoms with E-state index in [1.54, 1.807) is 15.8 Å². The average molecular weight is 466 g/mol. The van der Waals surface area contributed by atoms with Crippen molar-refractivity contribution in [3.63, 3.8) is 0 Å². The molecule has 0 aromatic carbocycles. The van der Waals surface area contributed by atoms with E-state index < -0.39 is 21.7 Å². The van der Waals surface area contributed by atoms with E-state index in [-0.39, 0.29) is 0 Å². The molecule has 0 unspecified atom stereocenters. The van der Waals surface area contributed by atoms with Crippen molar-refractivity contribution in [1.82, 2.24) is 0 Å². The first-order valence-corrected chi connectivity index (χ1v) is 27.4. The Kier molecular flexibility index (Phi) is 15.4. The van der Waals surface area contributed by atoms with Crippen LogP contribution >= 0.6 is 10.0 Å². The van der Waals surface area contributed by atoms with E-state index in [1.165, 1.54) is 74.7 Å². The molecule has 0 heterocycles. The third-order valence-corrected chi connectivity index (χ3v) is 70.0. The molecule has 0 fully saturated rings. The Morgan fingerprint density at radius 3 is 1.00 bits per heavy atom. The molecule has 0 spiro atoms. The standard InChI is InChI=1S/C20H45ClGe2/c1-6-11-16-22(17-12-7-2,18-13-8-3)23(21,19-14-9-4)20-15-10-5/h6-20H2,1-5H3. The van der Waals surface area contributed by atoms with E-state index in [2.05, 4.69) is 34.6 Å². The van der Waals surface area contributed by atoms with Crippen LogP contribution in [0.5, 0.6) is 0 Å². The monoisotopic (exact) mass is 468 g/mol. The zero-order valence-corrected chi connectivity index (χ0v) is 21.9. The van der Waals surface area contributed by atoms with Gasteiger partial charge in [-0.1, -0.05) is 0 Å². The van der Waals surface area contributed by atoms with Crippen molar-refractivity contribution in [2.75, 3.05) is 0 Å². The Bertz CT molecular complexity index is 239. The van der Waals surface area contributed by atoms with Crippen molar-refractivity contribution in [1.29, 1.82) is 0 Å². The molecule has 0 amide bonds.